The molecule has 0 unspecified atom stereocenters. The Hall–Kier alpha value is -2.50. The Morgan fingerprint density at radius 1 is 1.11 bits per heavy atom. The minimum absolute atomic E-state index is 0.0126. The molecule has 2 aromatic carbocycles. The second-order valence-electron chi connectivity index (χ2n) is 7.18. The molecule has 142 valence electrons. The van der Waals surface area contributed by atoms with E-state index in [1.165, 1.54) is 5.06 Å². The number of ketones is 1. The van der Waals surface area contributed by atoms with Crippen LogP contribution in [0.4, 0.5) is 0 Å². The highest BCUT2D eigenvalue weighted by Crippen LogP contribution is 2.25. The second kappa shape index (κ2) is 8.46. The minimum Gasteiger partial charge on any atom is -0.366 e. The highest BCUT2D eigenvalue weighted by atomic mass is 16.7. The number of nitrogens with zero attached hydrogens (tertiary/aromatic N) is 1. The lowest BCUT2D eigenvalue weighted by Crippen LogP contribution is -2.48. The zero-order valence-corrected chi connectivity index (χ0v) is 15.8. The number of carbonyl (C=O) groups excluding carboxylic acids is 2. The number of amides is 1. The molecule has 1 amide bonds. The standard InChI is InChI=1S/C22H25NO4/c1-22(2)21(25)23(27-16-17-9-5-3-6-10-17)19(13-14-26-22)15-20(24)18-11-7-4-8-12-18/h3-12,19H,13-16H2,1-2H3/t19-/m1/s1. The number of carbonyl (C=O) groups is 2. The number of hydrogen-bond acceptors (Lipinski definition) is 4. The molecule has 0 aliphatic carbocycles. The quantitative estimate of drug-likeness (QED) is 0.729. The van der Waals surface area contributed by atoms with Gasteiger partial charge in [0.05, 0.1) is 12.6 Å². The summed E-state index contributed by atoms with van der Waals surface area (Å²) in [4.78, 5) is 31.6. The van der Waals surface area contributed by atoms with Gasteiger partial charge in [-0.3, -0.25) is 14.4 Å². The monoisotopic (exact) mass is 367 g/mol. The average Bonchev–Trinajstić information content (AvgIpc) is 2.78. The van der Waals surface area contributed by atoms with E-state index in [9.17, 15) is 9.59 Å². The molecule has 1 aliphatic rings. The van der Waals surface area contributed by atoms with Crippen LogP contribution in [0.1, 0.15) is 42.6 Å². The topological polar surface area (TPSA) is 55.8 Å². The summed E-state index contributed by atoms with van der Waals surface area (Å²) in [5.74, 6) is -0.275. The fraction of sp³-hybridized carbons (Fsp3) is 0.364. The zero-order chi connectivity index (χ0) is 19.3. The van der Waals surface area contributed by atoms with Crippen molar-refractivity contribution in [3.63, 3.8) is 0 Å². The molecule has 1 atom stereocenters. The van der Waals surface area contributed by atoms with E-state index < -0.39 is 5.60 Å². The van der Waals surface area contributed by atoms with Gasteiger partial charge in [0.15, 0.2) is 5.78 Å². The minimum atomic E-state index is -0.985. The second-order valence-corrected chi connectivity index (χ2v) is 7.18. The number of rotatable bonds is 6. The van der Waals surface area contributed by atoms with E-state index in [1.807, 2.05) is 48.5 Å². The van der Waals surface area contributed by atoms with Gasteiger partial charge in [0, 0.05) is 12.0 Å². The summed E-state index contributed by atoms with van der Waals surface area (Å²) in [6, 6.07) is 18.4. The summed E-state index contributed by atoms with van der Waals surface area (Å²) in [6.45, 7) is 4.13. The van der Waals surface area contributed by atoms with E-state index in [0.29, 0.717) is 18.6 Å². The van der Waals surface area contributed by atoms with E-state index in [2.05, 4.69) is 0 Å². The van der Waals surface area contributed by atoms with Crippen molar-refractivity contribution in [2.75, 3.05) is 6.61 Å². The molecule has 0 saturated carbocycles. The van der Waals surface area contributed by atoms with Crippen molar-refractivity contribution in [2.45, 2.75) is 44.9 Å². The zero-order valence-electron chi connectivity index (χ0n) is 15.8. The summed E-state index contributed by atoms with van der Waals surface area (Å²) >= 11 is 0. The summed E-state index contributed by atoms with van der Waals surface area (Å²) in [5.41, 5.74) is 0.611. The van der Waals surface area contributed by atoms with Gasteiger partial charge in [0.25, 0.3) is 5.91 Å². The van der Waals surface area contributed by atoms with Gasteiger partial charge in [0.2, 0.25) is 0 Å². The molecular formula is C22H25NO4. The lowest BCUT2D eigenvalue weighted by molar-refractivity contribution is -0.214. The Kier molecular flexibility index (Phi) is 6.04. The Bertz CT molecular complexity index is 773. The highest BCUT2D eigenvalue weighted by Gasteiger charge is 2.41. The summed E-state index contributed by atoms with van der Waals surface area (Å²) in [6.07, 6.45) is 0.743. The Morgan fingerprint density at radius 3 is 2.41 bits per heavy atom. The molecule has 0 aromatic heterocycles. The first-order valence-electron chi connectivity index (χ1n) is 9.20. The van der Waals surface area contributed by atoms with E-state index >= 15 is 0 Å². The van der Waals surface area contributed by atoms with Gasteiger partial charge in [-0.05, 0) is 25.8 Å². The number of ether oxygens (including phenoxy) is 1. The molecule has 0 N–H and O–H groups in total. The van der Waals surface area contributed by atoms with Crippen LogP contribution in [0.2, 0.25) is 0 Å². The van der Waals surface area contributed by atoms with Gasteiger partial charge in [-0.25, -0.2) is 5.06 Å². The van der Waals surface area contributed by atoms with Crippen molar-refractivity contribution in [3.8, 4) is 0 Å². The number of hydrogen-bond donors (Lipinski definition) is 0. The van der Waals surface area contributed by atoms with Gasteiger partial charge in [-0.1, -0.05) is 60.7 Å². The molecule has 5 nitrogen and oxygen atoms in total. The number of hydroxylamine groups is 2. The molecule has 1 fully saturated rings. The summed E-state index contributed by atoms with van der Waals surface area (Å²) in [7, 11) is 0. The van der Waals surface area contributed by atoms with Gasteiger partial charge in [-0.15, -0.1) is 0 Å². The maximum absolute atomic E-state index is 13.0. The van der Waals surface area contributed by atoms with E-state index in [1.54, 1.807) is 26.0 Å². The SMILES string of the molecule is CC1(C)OCC[C@H](CC(=O)c2ccccc2)N(OCc2ccccc2)C1=O. The predicted molar refractivity (Wildman–Crippen MR) is 102 cm³/mol. The Labute approximate surface area is 159 Å². The molecule has 1 saturated heterocycles. The first-order chi connectivity index (χ1) is 13.0. The third-order valence-corrected chi connectivity index (χ3v) is 4.69. The van der Waals surface area contributed by atoms with E-state index in [4.69, 9.17) is 9.57 Å². The molecule has 3 rings (SSSR count). The third kappa shape index (κ3) is 4.81. The smallest absolute Gasteiger partial charge is 0.278 e. The van der Waals surface area contributed by atoms with Crippen molar-refractivity contribution in [1.82, 2.24) is 5.06 Å². The van der Waals surface area contributed by atoms with Crippen LogP contribution < -0.4 is 0 Å². The first-order valence-corrected chi connectivity index (χ1v) is 9.20. The van der Waals surface area contributed by atoms with E-state index in [-0.39, 0.29) is 30.8 Å². The number of Topliss-reactive ketones (excluding diaryl/α,β-unsaturated/α-hetero) is 1. The normalized spacial score (nSPS) is 19.6. The van der Waals surface area contributed by atoms with Crippen molar-refractivity contribution in [3.05, 3.63) is 71.8 Å². The van der Waals surface area contributed by atoms with Gasteiger partial charge >= 0.3 is 0 Å². The molecule has 27 heavy (non-hydrogen) atoms. The van der Waals surface area contributed by atoms with Gasteiger partial charge < -0.3 is 4.74 Å². The fourth-order valence-electron chi connectivity index (χ4n) is 3.08. The van der Waals surface area contributed by atoms with Crippen LogP contribution in [0.25, 0.3) is 0 Å². The molecule has 0 bridgehead atoms. The van der Waals surface area contributed by atoms with Crippen LogP contribution in [0.5, 0.6) is 0 Å². The van der Waals surface area contributed by atoms with Crippen molar-refractivity contribution in [2.24, 2.45) is 0 Å². The average molecular weight is 367 g/mol. The first kappa shape index (κ1) is 19.3. The largest absolute Gasteiger partial charge is 0.366 e. The van der Waals surface area contributed by atoms with Crippen LogP contribution in [-0.2, 0) is 21.0 Å². The van der Waals surface area contributed by atoms with Crippen molar-refractivity contribution in [1.29, 1.82) is 0 Å². The van der Waals surface area contributed by atoms with Crippen LogP contribution in [0.3, 0.4) is 0 Å². The van der Waals surface area contributed by atoms with Crippen LogP contribution in [-0.4, -0.2) is 35.0 Å². The van der Waals surface area contributed by atoms with Crippen LogP contribution >= 0.6 is 0 Å². The Balaban J connectivity index is 1.77. The number of benzene rings is 2. The van der Waals surface area contributed by atoms with Crippen molar-refractivity contribution < 1.29 is 19.2 Å². The molecule has 0 spiro atoms. The molecule has 1 aliphatic heterocycles. The Morgan fingerprint density at radius 2 is 1.74 bits per heavy atom. The third-order valence-electron chi connectivity index (χ3n) is 4.69. The molecule has 0 radical (unpaired) electrons. The molecule has 1 heterocycles. The van der Waals surface area contributed by atoms with Gasteiger partial charge in [0.1, 0.15) is 12.2 Å². The maximum Gasteiger partial charge on any atom is 0.278 e. The van der Waals surface area contributed by atoms with Crippen molar-refractivity contribution >= 4 is 11.7 Å². The summed E-state index contributed by atoms with van der Waals surface area (Å²) in [5, 5.41) is 1.36. The predicted octanol–water partition coefficient (Wildman–Crippen LogP) is 3.79. The molecule has 2 aromatic rings. The van der Waals surface area contributed by atoms with Gasteiger partial charge in [-0.2, -0.15) is 0 Å². The lowest BCUT2D eigenvalue weighted by atomic mass is 10.0. The summed E-state index contributed by atoms with van der Waals surface area (Å²) < 4.78 is 5.72. The van der Waals surface area contributed by atoms with Crippen LogP contribution in [0, 0.1) is 0 Å². The highest BCUT2D eigenvalue weighted by molar-refractivity contribution is 5.96. The maximum atomic E-state index is 13.0. The van der Waals surface area contributed by atoms with E-state index in [0.717, 1.165) is 5.56 Å². The lowest BCUT2D eigenvalue weighted by Gasteiger charge is -2.32. The molecule has 5 heteroatoms. The van der Waals surface area contributed by atoms with Crippen LogP contribution in [0.15, 0.2) is 60.7 Å². The fourth-order valence-corrected chi connectivity index (χ4v) is 3.08. The molecular weight excluding hydrogens is 342 g/mol.